The highest BCUT2D eigenvalue weighted by Gasteiger charge is 2.06. The third kappa shape index (κ3) is 7.37. The maximum Gasteiger partial charge on any atom is 0.136 e. The molecule has 110 valence electrons. The largest absolute Gasteiger partial charge is 0.491 e. The lowest BCUT2D eigenvalue weighted by Crippen LogP contribution is -2.29. The Morgan fingerprint density at radius 3 is 2.58 bits per heavy atom. The van der Waals surface area contributed by atoms with Crippen molar-refractivity contribution in [1.82, 2.24) is 10.2 Å². The van der Waals surface area contributed by atoms with Crippen molar-refractivity contribution in [2.45, 2.75) is 6.92 Å². The van der Waals surface area contributed by atoms with Gasteiger partial charge in [-0.2, -0.15) is 0 Å². The van der Waals surface area contributed by atoms with Crippen molar-refractivity contribution in [2.75, 3.05) is 40.3 Å². The minimum absolute atomic E-state index is 0. The van der Waals surface area contributed by atoms with Crippen LogP contribution in [0.25, 0.3) is 0 Å². The molecule has 19 heavy (non-hydrogen) atoms. The number of nitrogens with zero attached hydrogens (tertiary/aromatic N) is 1. The van der Waals surface area contributed by atoms with Crippen LogP contribution in [0, 0.1) is 6.92 Å². The van der Waals surface area contributed by atoms with E-state index >= 15 is 0 Å². The Hall–Kier alpha value is -0.0000000000000000555. The Bertz CT molecular complexity index is 366. The zero-order valence-corrected chi connectivity index (χ0v) is 14.7. The van der Waals surface area contributed by atoms with Crippen LogP contribution in [0.5, 0.6) is 5.75 Å². The van der Waals surface area contributed by atoms with E-state index in [4.69, 9.17) is 16.3 Å². The van der Waals surface area contributed by atoms with Gasteiger partial charge in [-0.05, 0) is 54.6 Å². The van der Waals surface area contributed by atoms with Gasteiger partial charge in [-0.3, -0.25) is 0 Å². The lowest BCUT2D eigenvalue weighted by atomic mass is 10.2. The molecule has 0 fully saturated rings. The number of ether oxygens (including phenoxy) is 1. The molecule has 6 heteroatoms. The smallest absolute Gasteiger partial charge is 0.136 e. The van der Waals surface area contributed by atoms with E-state index < -0.39 is 0 Å². The summed E-state index contributed by atoms with van der Waals surface area (Å²) < 4.78 is 6.65. The zero-order chi connectivity index (χ0) is 13.5. The van der Waals surface area contributed by atoms with E-state index in [1.807, 2.05) is 19.1 Å². The Kier molecular flexibility index (Phi) is 9.83. The predicted octanol–water partition coefficient (Wildman–Crippen LogP) is 3.36. The van der Waals surface area contributed by atoms with Crippen molar-refractivity contribution in [2.24, 2.45) is 0 Å². The molecule has 0 saturated carbocycles. The fraction of sp³-hybridized carbons (Fsp3) is 0.538. The molecule has 0 spiro atoms. The molecule has 1 rings (SSSR count). The molecule has 0 aliphatic rings. The topological polar surface area (TPSA) is 24.5 Å². The summed E-state index contributed by atoms with van der Waals surface area (Å²) in [4.78, 5) is 2.15. The maximum atomic E-state index is 5.95. The van der Waals surface area contributed by atoms with Gasteiger partial charge in [0, 0.05) is 24.7 Å². The van der Waals surface area contributed by atoms with Gasteiger partial charge in [-0.15, -0.1) is 12.4 Å². The molecule has 0 aromatic heterocycles. The van der Waals surface area contributed by atoms with E-state index in [-0.39, 0.29) is 12.4 Å². The second-order valence-electron chi connectivity index (χ2n) is 4.44. The Morgan fingerprint density at radius 1 is 1.32 bits per heavy atom. The fourth-order valence-corrected chi connectivity index (χ4v) is 2.60. The molecule has 0 radical (unpaired) electrons. The van der Waals surface area contributed by atoms with Gasteiger partial charge in [0.05, 0.1) is 4.47 Å². The average molecular weight is 372 g/mol. The molecule has 0 amide bonds. The third-order valence-corrected chi connectivity index (χ3v) is 3.26. The van der Waals surface area contributed by atoms with E-state index in [9.17, 15) is 0 Å². The lowest BCUT2D eigenvalue weighted by molar-refractivity contribution is 0.305. The molecular weight excluding hydrogens is 351 g/mol. The van der Waals surface area contributed by atoms with Crippen molar-refractivity contribution in [1.29, 1.82) is 0 Å². The number of rotatable bonds is 7. The first kappa shape index (κ1) is 19.0. The fourth-order valence-electron chi connectivity index (χ4n) is 1.52. The van der Waals surface area contributed by atoms with Crippen molar-refractivity contribution >= 4 is 39.9 Å². The lowest BCUT2D eigenvalue weighted by Gasteiger charge is -2.13. The average Bonchev–Trinajstić information content (AvgIpc) is 2.25. The van der Waals surface area contributed by atoms with Crippen LogP contribution in [-0.2, 0) is 0 Å². The summed E-state index contributed by atoms with van der Waals surface area (Å²) in [6.45, 7) is 5.48. The number of likely N-dealkylation sites (N-methyl/N-ethyl adjacent to an activating group) is 1. The van der Waals surface area contributed by atoms with E-state index in [0.29, 0.717) is 6.61 Å². The molecule has 0 aliphatic heterocycles. The van der Waals surface area contributed by atoms with Crippen molar-refractivity contribution in [3.63, 3.8) is 0 Å². The van der Waals surface area contributed by atoms with Crippen LogP contribution in [0.15, 0.2) is 16.6 Å². The molecule has 0 saturated heterocycles. The summed E-state index contributed by atoms with van der Waals surface area (Å²) in [5.74, 6) is 0.869. The van der Waals surface area contributed by atoms with Crippen LogP contribution in [-0.4, -0.2) is 45.2 Å². The highest BCUT2D eigenvalue weighted by molar-refractivity contribution is 9.10. The molecule has 0 unspecified atom stereocenters. The highest BCUT2D eigenvalue weighted by atomic mass is 79.9. The number of hydrogen-bond donors (Lipinski definition) is 1. The van der Waals surface area contributed by atoms with Crippen molar-refractivity contribution in [3.8, 4) is 5.75 Å². The summed E-state index contributed by atoms with van der Waals surface area (Å²) >= 11 is 9.42. The quantitative estimate of drug-likeness (QED) is 0.743. The van der Waals surface area contributed by atoms with Crippen molar-refractivity contribution < 1.29 is 4.74 Å². The Morgan fingerprint density at radius 2 is 2.00 bits per heavy atom. The number of halogens is 3. The number of benzene rings is 1. The monoisotopic (exact) mass is 370 g/mol. The minimum atomic E-state index is 0. The van der Waals surface area contributed by atoms with Crippen LogP contribution in [0.4, 0.5) is 0 Å². The highest BCUT2D eigenvalue weighted by Crippen LogP contribution is 2.31. The van der Waals surface area contributed by atoms with Gasteiger partial charge in [0.25, 0.3) is 0 Å². The van der Waals surface area contributed by atoms with E-state index in [1.54, 1.807) is 0 Å². The molecule has 1 aromatic rings. The molecule has 3 nitrogen and oxygen atoms in total. The summed E-state index contributed by atoms with van der Waals surface area (Å²) in [6, 6.07) is 3.75. The van der Waals surface area contributed by atoms with Crippen LogP contribution in [0.1, 0.15) is 5.56 Å². The molecule has 1 N–H and O–H groups in total. The normalized spacial score (nSPS) is 10.4. The maximum absolute atomic E-state index is 5.95. The van der Waals surface area contributed by atoms with Crippen molar-refractivity contribution in [3.05, 3.63) is 27.2 Å². The standard InChI is InChI=1S/C13H20BrClN2O.ClH/c1-10-8-11(15)9-12(14)13(10)18-7-5-16-4-6-17(2)3;/h8-9,16H,4-7H2,1-3H3;1H. The van der Waals surface area contributed by atoms with Gasteiger partial charge in [0.2, 0.25) is 0 Å². The summed E-state index contributed by atoms with van der Waals surface area (Å²) in [7, 11) is 4.12. The molecule has 0 heterocycles. The molecule has 0 atom stereocenters. The van der Waals surface area contributed by atoms with E-state index in [0.717, 1.165) is 40.4 Å². The Balaban J connectivity index is 0.00000324. The number of aryl methyl sites for hydroxylation is 1. The summed E-state index contributed by atoms with van der Waals surface area (Å²) in [5.41, 5.74) is 1.04. The van der Waals surface area contributed by atoms with E-state index in [2.05, 4.69) is 40.2 Å². The minimum Gasteiger partial charge on any atom is -0.491 e. The van der Waals surface area contributed by atoms with Gasteiger partial charge >= 0.3 is 0 Å². The number of hydrogen-bond acceptors (Lipinski definition) is 3. The first-order valence-electron chi connectivity index (χ1n) is 5.94. The SMILES string of the molecule is Cc1cc(Cl)cc(Br)c1OCCNCCN(C)C.Cl. The van der Waals surface area contributed by atoms with Crippen LogP contribution >= 0.6 is 39.9 Å². The first-order valence-corrected chi connectivity index (χ1v) is 7.11. The van der Waals surface area contributed by atoms with Gasteiger partial charge in [-0.1, -0.05) is 11.6 Å². The van der Waals surface area contributed by atoms with Crippen LogP contribution in [0.3, 0.4) is 0 Å². The summed E-state index contributed by atoms with van der Waals surface area (Å²) in [5, 5.41) is 4.05. The Labute approximate surface area is 135 Å². The van der Waals surface area contributed by atoms with Gasteiger partial charge in [0.1, 0.15) is 12.4 Å². The zero-order valence-electron chi connectivity index (χ0n) is 11.5. The molecule has 1 aromatic carbocycles. The van der Waals surface area contributed by atoms with Crippen LogP contribution < -0.4 is 10.1 Å². The van der Waals surface area contributed by atoms with Gasteiger partial charge in [-0.25, -0.2) is 0 Å². The third-order valence-electron chi connectivity index (χ3n) is 2.46. The molecule has 0 aliphatic carbocycles. The van der Waals surface area contributed by atoms with E-state index in [1.165, 1.54) is 0 Å². The second kappa shape index (κ2) is 9.83. The number of nitrogens with one attached hydrogen (secondary N) is 1. The van der Waals surface area contributed by atoms with Gasteiger partial charge < -0.3 is 15.0 Å². The predicted molar refractivity (Wildman–Crippen MR) is 88.1 cm³/mol. The second-order valence-corrected chi connectivity index (χ2v) is 5.73. The molecular formula is C13H21BrCl2N2O. The van der Waals surface area contributed by atoms with Crippen LogP contribution in [0.2, 0.25) is 5.02 Å². The van der Waals surface area contributed by atoms with Gasteiger partial charge in [0.15, 0.2) is 0 Å². The molecule has 0 bridgehead atoms. The first-order chi connectivity index (χ1) is 8.50. The summed E-state index contributed by atoms with van der Waals surface area (Å²) in [6.07, 6.45) is 0.